The predicted molar refractivity (Wildman–Crippen MR) is 81.2 cm³/mol. The largest absolute Gasteiger partial charge is 0.354 e. The highest BCUT2D eigenvalue weighted by Crippen LogP contribution is 2.24. The Kier molecular flexibility index (Phi) is 4.63. The van der Waals surface area contributed by atoms with Gasteiger partial charge in [0.25, 0.3) is 0 Å². The van der Waals surface area contributed by atoms with E-state index in [1.165, 1.54) is 5.56 Å². The topological polar surface area (TPSA) is 41.1 Å². The molecule has 4 heteroatoms. The number of benzene rings is 1. The fourth-order valence-corrected chi connectivity index (χ4v) is 2.61. The van der Waals surface area contributed by atoms with Gasteiger partial charge >= 0.3 is 0 Å². The summed E-state index contributed by atoms with van der Waals surface area (Å²) in [4.78, 5) is 12.0. The van der Waals surface area contributed by atoms with Crippen molar-refractivity contribution < 1.29 is 4.79 Å². The van der Waals surface area contributed by atoms with Gasteiger partial charge in [0.15, 0.2) is 0 Å². The van der Waals surface area contributed by atoms with E-state index in [0.717, 1.165) is 23.9 Å². The molecule has 1 aromatic carbocycles. The third-order valence-corrected chi connectivity index (χ3v) is 4.24. The molecule has 1 atom stereocenters. The summed E-state index contributed by atoms with van der Waals surface area (Å²) >= 11 is 3.44. The van der Waals surface area contributed by atoms with Crippen molar-refractivity contribution in [3.63, 3.8) is 0 Å². The van der Waals surface area contributed by atoms with Crippen LogP contribution < -0.4 is 10.6 Å². The molecule has 1 heterocycles. The first-order valence-corrected chi connectivity index (χ1v) is 7.55. The molecule has 0 aliphatic carbocycles. The van der Waals surface area contributed by atoms with E-state index in [9.17, 15) is 4.79 Å². The lowest BCUT2D eigenvalue weighted by Gasteiger charge is -2.26. The normalized spacial score (nSPS) is 19.4. The van der Waals surface area contributed by atoms with Crippen LogP contribution in [0.3, 0.4) is 0 Å². The van der Waals surface area contributed by atoms with E-state index in [4.69, 9.17) is 0 Å². The Morgan fingerprint density at radius 1 is 1.42 bits per heavy atom. The first kappa shape index (κ1) is 14.5. The van der Waals surface area contributed by atoms with E-state index in [0.29, 0.717) is 6.54 Å². The van der Waals surface area contributed by atoms with Crippen LogP contribution in [0.2, 0.25) is 0 Å². The molecule has 1 amide bonds. The van der Waals surface area contributed by atoms with Crippen LogP contribution in [0.15, 0.2) is 28.7 Å². The molecule has 0 aromatic heterocycles. The molecule has 1 fully saturated rings. The molecule has 1 aliphatic heterocycles. The van der Waals surface area contributed by atoms with Gasteiger partial charge in [-0.1, -0.05) is 41.9 Å². The summed E-state index contributed by atoms with van der Waals surface area (Å²) in [6.07, 6.45) is 2.04. The lowest BCUT2D eigenvalue weighted by molar-refractivity contribution is -0.123. The third kappa shape index (κ3) is 3.80. The average molecular weight is 325 g/mol. The van der Waals surface area contributed by atoms with E-state index in [1.54, 1.807) is 0 Å². The molecule has 1 aromatic rings. The highest BCUT2D eigenvalue weighted by atomic mass is 79.9. The maximum absolute atomic E-state index is 12.0. The van der Waals surface area contributed by atoms with Gasteiger partial charge < -0.3 is 10.6 Å². The van der Waals surface area contributed by atoms with Crippen LogP contribution in [0.4, 0.5) is 0 Å². The van der Waals surface area contributed by atoms with E-state index in [2.05, 4.69) is 52.5 Å². The number of carbonyl (C=O) groups excluding carboxylic acids is 1. The number of carbonyl (C=O) groups is 1. The van der Waals surface area contributed by atoms with Gasteiger partial charge in [-0.2, -0.15) is 0 Å². The molecule has 3 nitrogen and oxygen atoms in total. The Labute approximate surface area is 123 Å². The lowest BCUT2D eigenvalue weighted by atomic mass is 9.84. The minimum atomic E-state index is -0.0606. The standard InChI is InChI=1S/C15H21BrN2O/c1-15(2,11-5-7-12(16)8-6-11)10-18-14(19)13-4-3-9-17-13/h5-8,13,17H,3-4,9-10H2,1-2H3,(H,18,19). The van der Waals surface area contributed by atoms with Crippen molar-refractivity contribution >= 4 is 21.8 Å². The molecule has 104 valence electrons. The van der Waals surface area contributed by atoms with Gasteiger partial charge in [0.05, 0.1) is 6.04 Å². The van der Waals surface area contributed by atoms with Gasteiger partial charge in [0, 0.05) is 16.4 Å². The zero-order valence-electron chi connectivity index (χ0n) is 11.5. The van der Waals surface area contributed by atoms with Crippen molar-refractivity contribution in [2.24, 2.45) is 0 Å². The van der Waals surface area contributed by atoms with E-state index in [-0.39, 0.29) is 17.4 Å². The first-order chi connectivity index (χ1) is 8.99. The predicted octanol–water partition coefficient (Wildman–Crippen LogP) is 2.59. The molecule has 0 saturated carbocycles. The van der Waals surface area contributed by atoms with Crippen molar-refractivity contribution in [1.82, 2.24) is 10.6 Å². The Morgan fingerprint density at radius 2 is 2.11 bits per heavy atom. The number of halogens is 1. The minimum absolute atomic E-state index is 0.000665. The minimum Gasteiger partial charge on any atom is -0.354 e. The third-order valence-electron chi connectivity index (χ3n) is 3.71. The quantitative estimate of drug-likeness (QED) is 0.893. The summed E-state index contributed by atoms with van der Waals surface area (Å²) in [6, 6.07) is 8.28. The summed E-state index contributed by atoms with van der Waals surface area (Å²) in [5, 5.41) is 6.29. The Bertz CT molecular complexity index is 436. The van der Waals surface area contributed by atoms with Crippen LogP contribution in [0.1, 0.15) is 32.3 Å². The average Bonchev–Trinajstić information content (AvgIpc) is 2.90. The molecule has 1 saturated heterocycles. The van der Waals surface area contributed by atoms with Crippen LogP contribution in [0.5, 0.6) is 0 Å². The SMILES string of the molecule is CC(C)(CNC(=O)C1CCCN1)c1ccc(Br)cc1. The van der Waals surface area contributed by atoms with Gasteiger partial charge in [-0.3, -0.25) is 4.79 Å². The number of hydrogen-bond donors (Lipinski definition) is 2. The van der Waals surface area contributed by atoms with Gasteiger partial charge in [-0.25, -0.2) is 0 Å². The number of nitrogens with one attached hydrogen (secondary N) is 2. The van der Waals surface area contributed by atoms with Crippen LogP contribution >= 0.6 is 15.9 Å². The maximum atomic E-state index is 12.0. The zero-order chi connectivity index (χ0) is 13.9. The fourth-order valence-electron chi connectivity index (χ4n) is 2.34. The van der Waals surface area contributed by atoms with Crippen LogP contribution in [0, 0.1) is 0 Å². The van der Waals surface area contributed by atoms with Crippen molar-refractivity contribution in [2.75, 3.05) is 13.1 Å². The molecule has 2 N–H and O–H groups in total. The first-order valence-electron chi connectivity index (χ1n) is 6.76. The number of hydrogen-bond acceptors (Lipinski definition) is 2. The van der Waals surface area contributed by atoms with Crippen molar-refractivity contribution in [3.8, 4) is 0 Å². The maximum Gasteiger partial charge on any atom is 0.237 e. The molecule has 19 heavy (non-hydrogen) atoms. The Balaban J connectivity index is 1.93. The van der Waals surface area contributed by atoms with Crippen LogP contribution in [-0.4, -0.2) is 25.0 Å². The second-order valence-corrected chi connectivity index (χ2v) is 6.67. The van der Waals surface area contributed by atoms with Crippen molar-refractivity contribution in [3.05, 3.63) is 34.3 Å². The van der Waals surface area contributed by atoms with Crippen LogP contribution in [-0.2, 0) is 10.2 Å². The highest BCUT2D eigenvalue weighted by Gasteiger charge is 2.25. The van der Waals surface area contributed by atoms with E-state index < -0.39 is 0 Å². The highest BCUT2D eigenvalue weighted by molar-refractivity contribution is 9.10. The second kappa shape index (κ2) is 6.06. The van der Waals surface area contributed by atoms with Crippen LogP contribution in [0.25, 0.3) is 0 Å². The Morgan fingerprint density at radius 3 is 2.68 bits per heavy atom. The van der Waals surface area contributed by atoms with E-state index >= 15 is 0 Å². The molecule has 2 rings (SSSR count). The van der Waals surface area contributed by atoms with Gasteiger partial charge in [-0.05, 0) is 37.1 Å². The molecule has 0 bridgehead atoms. The second-order valence-electron chi connectivity index (χ2n) is 5.76. The monoisotopic (exact) mass is 324 g/mol. The lowest BCUT2D eigenvalue weighted by Crippen LogP contribution is -2.45. The summed E-state index contributed by atoms with van der Waals surface area (Å²) in [5.41, 5.74) is 1.17. The summed E-state index contributed by atoms with van der Waals surface area (Å²) in [6.45, 7) is 5.91. The smallest absolute Gasteiger partial charge is 0.237 e. The number of amides is 1. The molecule has 0 spiro atoms. The molecule has 1 unspecified atom stereocenters. The van der Waals surface area contributed by atoms with Gasteiger partial charge in [-0.15, -0.1) is 0 Å². The summed E-state index contributed by atoms with van der Waals surface area (Å²) < 4.78 is 1.08. The summed E-state index contributed by atoms with van der Waals surface area (Å²) in [7, 11) is 0. The molecule has 1 aliphatic rings. The Hall–Kier alpha value is -0.870. The molecular formula is C15H21BrN2O. The summed E-state index contributed by atoms with van der Waals surface area (Å²) in [5.74, 6) is 0.127. The fraction of sp³-hybridized carbons (Fsp3) is 0.533. The molecule has 0 radical (unpaired) electrons. The van der Waals surface area contributed by atoms with E-state index in [1.807, 2.05) is 12.1 Å². The van der Waals surface area contributed by atoms with Crippen molar-refractivity contribution in [2.45, 2.75) is 38.1 Å². The van der Waals surface area contributed by atoms with Gasteiger partial charge in [0.2, 0.25) is 5.91 Å². The number of rotatable bonds is 4. The van der Waals surface area contributed by atoms with Crippen molar-refractivity contribution in [1.29, 1.82) is 0 Å². The molecular weight excluding hydrogens is 304 g/mol. The van der Waals surface area contributed by atoms with Gasteiger partial charge in [0.1, 0.15) is 0 Å². The zero-order valence-corrected chi connectivity index (χ0v) is 13.1.